The number of rotatable bonds is 2. The van der Waals surface area contributed by atoms with E-state index in [1.54, 1.807) is 0 Å². The molecular formula is C14H25F3N2. The molecule has 2 N–H and O–H groups in total. The van der Waals surface area contributed by atoms with Crippen molar-refractivity contribution >= 4 is 0 Å². The third-order valence-corrected chi connectivity index (χ3v) is 5.23. The summed E-state index contributed by atoms with van der Waals surface area (Å²) < 4.78 is 38.3. The van der Waals surface area contributed by atoms with Gasteiger partial charge >= 0.3 is 6.18 Å². The Morgan fingerprint density at radius 1 is 1.16 bits per heavy atom. The molecule has 2 rings (SSSR count). The number of alkyl halides is 3. The van der Waals surface area contributed by atoms with E-state index < -0.39 is 12.1 Å². The molecule has 1 aliphatic carbocycles. The van der Waals surface area contributed by atoms with Gasteiger partial charge in [0.2, 0.25) is 0 Å². The quantitative estimate of drug-likeness (QED) is 0.839. The molecule has 1 heterocycles. The van der Waals surface area contributed by atoms with Crippen molar-refractivity contribution in [2.45, 2.75) is 69.6 Å². The lowest BCUT2D eigenvalue weighted by molar-refractivity contribution is -0.189. The molecule has 0 aromatic heterocycles. The third-order valence-electron chi connectivity index (χ3n) is 5.23. The van der Waals surface area contributed by atoms with Crippen molar-refractivity contribution in [3.8, 4) is 0 Å². The van der Waals surface area contributed by atoms with E-state index in [0.717, 1.165) is 19.4 Å². The standard InChI is InChI=1S/C14H25F3N2/c1-12(2)6-3-9-19(12)13(10-18)7-4-11(5-8-13)14(15,16)17/h11H,3-10,18H2,1-2H3. The van der Waals surface area contributed by atoms with Gasteiger partial charge in [0.25, 0.3) is 0 Å². The van der Waals surface area contributed by atoms with Gasteiger partial charge in [-0.15, -0.1) is 0 Å². The summed E-state index contributed by atoms with van der Waals surface area (Å²) in [5, 5.41) is 0. The predicted octanol–water partition coefficient (Wildman–Crippen LogP) is 3.31. The molecule has 0 unspecified atom stereocenters. The van der Waals surface area contributed by atoms with Crippen LogP contribution in [0.4, 0.5) is 13.2 Å². The number of nitrogens with two attached hydrogens (primary N) is 1. The largest absolute Gasteiger partial charge is 0.391 e. The van der Waals surface area contributed by atoms with E-state index in [0.29, 0.717) is 19.4 Å². The molecule has 19 heavy (non-hydrogen) atoms. The highest BCUT2D eigenvalue weighted by Crippen LogP contribution is 2.46. The van der Waals surface area contributed by atoms with Crippen LogP contribution >= 0.6 is 0 Å². The SMILES string of the molecule is CC1(C)CCCN1C1(CN)CCC(C(F)(F)F)CC1. The normalized spacial score (nSPS) is 36.6. The summed E-state index contributed by atoms with van der Waals surface area (Å²) in [5.41, 5.74) is 5.84. The molecular weight excluding hydrogens is 253 g/mol. The van der Waals surface area contributed by atoms with Crippen molar-refractivity contribution in [2.24, 2.45) is 11.7 Å². The van der Waals surface area contributed by atoms with Gasteiger partial charge in [0.15, 0.2) is 0 Å². The fraction of sp³-hybridized carbons (Fsp3) is 1.00. The van der Waals surface area contributed by atoms with Crippen LogP contribution in [0.5, 0.6) is 0 Å². The van der Waals surface area contributed by atoms with Gasteiger partial charge < -0.3 is 5.73 Å². The Morgan fingerprint density at radius 3 is 2.11 bits per heavy atom. The Morgan fingerprint density at radius 2 is 1.74 bits per heavy atom. The molecule has 0 aromatic carbocycles. The third kappa shape index (κ3) is 2.77. The van der Waals surface area contributed by atoms with Crippen LogP contribution < -0.4 is 5.73 Å². The highest BCUT2D eigenvalue weighted by Gasteiger charge is 2.51. The maximum atomic E-state index is 12.8. The van der Waals surface area contributed by atoms with Gasteiger partial charge in [-0.25, -0.2) is 0 Å². The molecule has 5 heteroatoms. The number of halogens is 3. The minimum atomic E-state index is -4.04. The predicted molar refractivity (Wildman–Crippen MR) is 69.8 cm³/mol. The lowest BCUT2D eigenvalue weighted by Gasteiger charge is -2.51. The van der Waals surface area contributed by atoms with E-state index in [4.69, 9.17) is 5.73 Å². The number of nitrogens with zero attached hydrogens (tertiary/aromatic N) is 1. The molecule has 0 radical (unpaired) electrons. The van der Waals surface area contributed by atoms with Gasteiger partial charge in [-0.05, 0) is 58.9 Å². The molecule has 2 nitrogen and oxygen atoms in total. The fourth-order valence-electron chi connectivity index (χ4n) is 4.05. The van der Waals surface area contributed by atoms with Gasteiger partial charge in [-0.2, -0.15) is 13.2 Å². The topological polar surface area (TPSA) is 29.3 Å². The van der Waals surface area contributed by atoms with E-state index in [-0.39, 0.29) is 23.9 Å². The van der Waals surface area contributed by atoms with Crippen molar-refractivity contribution in [1.29, 1.82) is 0 Å². The second kappa shape index (κ2) is 4.92. The zero-order chi connectivity index (χ0) is 14.3. The molecule has 0 bridgehead atoms. The lowest BCUT2D eigenvalue weighted by Crippen LogP contribution is -2.60. The first kappa shape index (κ1) is 15.1. The first-order valence-electron chi connectivity index (χ1n) is 7.26. The van der Waals surface area contributed by atoms with Gasteiger partial charge in [-0.3, -0.25) is 4.90 Å². The van der Waals surface area contributed by atoms with E-state index in [2.05, 4.69) is 18.7 Å². The summed E-state index contributed by atoms with van der Waals surface area (Å²) >= 11 is 0. The summed E-state index contributed by atoms with van der Waals surface area (Å²) in [4.78, 5) is 2.40. The van der Waals surface area contributed by atoms with Crippen LogP contribution in [0.15, 0.2) is 0 Å². The molecule has 1 saturated heterocycles. The van der Waals surface area contributed by atoms with Crippen LogP contribution in [0.2, 0.25) is 0 Å². The van der Waals surface area contributed by atoms with Crippen molar-refractivity contribution in [1.82, 2.24) is 4.90 Å². The Bertz CT molecular complexity index is 317. The summed E-state index contributed by atoms with van der Waals surface area (Å²) in [7, 11) is 0. The second-order valence-electron chi connectivity index (χ2n) is 6.81. The van der Waals surface area contributed by atoms with Gasteiger partial charge in [0, 0.05) is 17.6 Å². The number of hydrogen-bond acceptors (Lipinski definition) is 2. The Balaban J connectivity index is 2.10. The lowest BCUT2D eigenvalue weighted by atomic mass is 9.74. The highest BCUT2D eigenvalue weighted by molar-refractivity contribution is 5.04. The number of hydrogen-bond donors (Lipinski definition) is 1. The van der Waals surface area contributed by atoms with E-state index >= 15 is 0 Å². The van der Waals surface area contributed by atoms with Crippen molar-refractivity contribution in [3.63, 3.8) is 0 Å². The van der Waals surface area contributed by atoms with E-state index in [1.165, 1.54) is 0 Å². The van der Waals surface area contributed by atoms with Crippen LogP contribution in [0.25, 0.3) is 0 Å². The molecule has 0 spiro atoms. The van der Waals surface area contributed by atoms with Crippen LogP contribution in [0, 0.1) is 5.92 Å². The van der Waals surface area contributed by atoms with Gasteiger partial charge in [0.1, 0.15) is 0 Å². The summed E-state index contributed by atoms with van der Waals surface area (Å²) in [5.74, 6) is -1.13. The second-order valence-corrected chi connectivity index (χ2v) is 6.81. The molecule has 2 fully saturated rings. The Labute approximate surface area is 113 Å². The minimum absolute atomic E-state index is 0.0738. The van der Waals surface area contributed by atoms with E-state index in [9.17, 15) is 13.2 Å². The first-order valence-corrected chi connectivity index (χ1v) is 7.26. The monoisotopic (exact) mass is 278 g/mol. The van der Waals surface area contributed by atoms with Crippen LogP contribution in [-0.4, -0.2) is 35.2 Å². The minimum Gasteiger partial charge on any atom is -0.329 e. The summed E-state index contributed by atoms with van der Waals surface area (Å²) in [6.07, 6.45) is -0.190. The average molecular weight is 278 g/mol. The Kier molecular flexibility index (Phi) is 3.91. The molecule has 1 aliphatic heterocycles. The van der Waals surface area contributed by atoms with Crippen molar-refractivity contribution in [2.75, 3.05) is 13.1 Å². The number of likely N-dealkylation sites (tertiary alicyclic amines) is 1. The zero-order valence-electron chi connectivity index (χ0n) is 11.9. The van der Waals surface area contributed by atoms with Crippen LogP contribution in [0.1, 0.15) is 52.4 Å². The summed E-state index contributed by atoms with van der Waals surface area (Å²) in [6, 6.07) is 0. The molecule has 2 aliphatic rings. The van der Waals surface area contributed by atoms with Crippen LogP contribution in [-0.2, 0) is 0 Å². The first-order chi connectivity index (χ1) is 8.71. The van der Waals surface area contributed by atoms with Crippen LogP contribution in [0.3, 0.4) is 0 Å². The molecule has 0 aromatic rings. The molecule has 0 atom stereocenters. The maximum Gasteiger partial charge on any atom is 0.391 e. The zero-order valence-corrected chi connectivity index (χ0v) is 11.9. The van der Waals surface area contributed by atoms with Crippen molar-refractivity contribution < 1.29 is 13.2 Å². The van der Waals surface area contributed by atoms with Gasteiger partial charge in [0.05, 0.1) is 5.92 Å². The maximum absolute atomic E-state index is 12.8. The summed E-state index contributed by atoms with van der Waals surface area (Å²) in [6.45, 7) is 5.82. The molecule has 112 valence electrons. The fourth-order valence-corrected chi connectivity index (χ4v) is 4.05. The molecule has 0 amide bonds. The Hall–Kier alpha value is -0.290. The molecule has 1 saturated carbocycles. The van der Waals surface area contributed by atoms with E-state index in [1.807, 2.05) is 0 Å². The van der Waals surface area contributed by atoms with Crippen molar-refractivity contribution in [3.05, 3.63) is 0 Å². The average Bonchev–Trinajstić information content (AvgIpc) is 2.68. The smallest absolute Gasteiger partial charge is 0.329 e. The highest BCUT2D eigenvalue weighted by atomic mass is 19.4. The van der Waals surface area contributed by atoms with Gasteiger partial charge in [-0.1, -0.05) is 0 Å².